The first kappa shape index (κ1) is 12.5. The summed E-state index contributed by atoms with van der Waals surface area (Å²) in [5, 5.41) is 1.99. The molecule has 4 nitrogen and oxygen atoms in total. The van der Waals surface area contributed by atoms with Crippen molar-refractivity contribution in [3.05, 3.63) is 0 Å². The summed E-state index contributed by atoms with van der Waals surface area (Å²) >= 11 is 0. The van der Waals surface area contributed by atoms with Gasteiger partial charge in [-0.25, -0.2) is 5.01 Å². The minimum absolute atomic E-state index is 0.0359. The fourth-order valence-electron chi connectivity index (χ4n) is 1.75. The lowest BCUT2D eigenvalue weighted by Crippen LogP contribution is -2.52. The number of amides is 1. The summed E-state index contributed by atoms with van der Waals surface area (Å²) in [6, 6.07) is -0.378. The van der Waals surface area contributed by atoms with Crippen molar-refractivity contribution in [1.82, 2.24) is 10.4 Å². The standard InChI is InChI=1S/C11H23N3O/c1-3-9(2)10(12)11(15)13-14-7-5-4-6-8-14/h9-10H,3-8,12H2,1-2H3,(H,13,15). The normalized spacial score (nSPS) is 22.1. The Labute approximate surface area is 92.2 Å². The average molecular weight is 213 g/mol. The van der Waals surface area contributed by atoms with Crippen molar-refractivity contribution in [3.63, 3.8) is 0 Å². The first-order chi connectivity index (χ1) is 7.15. The van der Waals surface area contributed by atoms with Gasteiger partial charge in [0.2, 0.25) is 0 Å². The molecule has 0 spiro atoms. The van der Waals surface area contributed by atoms with Gasteiger partial charge >= 0.3 is 0 Å². The Hall–Kier alpha value is -0.610. The van der Waals surface area contributed by atoms with E-state index in [-0.39, 0.29) is 17.9 Å². The number of carbonyl (C=O) groups is 1. The predicted octanol–water partition coefficient (Wildman–Crippen LogP) is 0.877. The predicted molar refractivity (Wildman–Crippen MR) is 61.0 cm³/mol. The van der Waals surface area contributed by atoms with Crippen LogP contribution in [0.2, 0.25) is 0 Å². The second kappa shape index (κ2) is 6.08. The highest BCUT2D eigenvalue weighted by Gasteiger charge is 2.21. The highest BCUT2D eigenvalue weighted by atomic mass is 16.2. The lowest BCUT2D eigenvalue weighted by molar-refractivity contribution is -0.128. The van der Waals surface area contributed by atoms with Crippen LogP contribution < -0.4 is 11.2 Å². The van der Waals surface area contributed by atoms with Gasteiger partial charge in [-0.15, -0.1) is 0 Å². The summed E-state index contributed by atoms with van der Waals surface area (Å²) in [6.07, 6.45) is 4.54. The molecule has 0 aromatic rings. The van der Waals surface area contributed by atoms with E-state index in [1.807, 2.05) is 11.9 Å². The van der Waals surface area contributed by atoms with Crippen molar-refractivity contribution >= 4 is 5.91 Å². The summed E-state index contributed by atoms with van der Waals surface area (Å²) in [7, 11) is 0. The quantitative estimate of drug-likeness (QED) is 0.728. The smallest absolute Gasteiger partial charge is 0.251 e. The molecule has 4 heteroatoms. The SMILES string of the molecule is CCC(C)C(N)C(=O)NN1CCCCC1. The largest absolute Gasteiger partial charge is 0.320 e. The number of hydrazine groups is 1. The summed E-state index contributed by atoms with van der Waals surface area (Å²) in [5.74, 6) is 0.209. The van der Waals surface area contributed by atoms with E-state index in [2.05, 4.69) is 12.3 Å². The number of rotatable bonds is 4. The molecule has 3 N–H and O–H groups in total. The molecule has 1 fully saturated rings. The topological polar surface area (TPSA) is 58.4 Å². The third-order valence-electron chi connectivity index (χ3n) is 3.18. The van der Waals surface area contributed by atoms with Gasteiger partial charge in [0.1, 0.15) is 0 Å². The van der Waals surface area contributed by atoms with E-state index in [1.54, 1.807) is 0 Å². The second-order valence-corrected chi connectivity index (χ2v) is 4.44. The Kier molecular flexibility index (Phi) is 5.05. The van der Waals surface area contributed by atoms with Crippen molar-refractivity contribution in [2.75, 3.05) is 13.1 Å². The molecule has 1 heterocycles. The minimum atomic E-state index is -0.378. The Morgan fingerprint density at radius 2 is 2.00 bits per heavy atom. The molecule has 88 valence electrons. The molecule has 0 aromatic carbocycles. The maximum Gasteiger partial charge on any atom is 0.251 e. The van der Waals surface area contributed by atoms with Crippen LogP contribution in [0.3, 0.4) is 0 Å². The molecule has 2 atom stereocenters. The van der Waals surface area contributed by atoms with Crippen molar-refractivity contribution in [3.8, 4) is 0 Å². The van der Waals surface area contributed by atoms with Crippen LogP contribution in [0.25, 0.3) is 0 Å². The van der Waals surface area contributed by atoms with Crippen molar-refractivity contribution in [1.29, 1.82) is 0 Å². The van der Waals surface area contributed by atoms with Gasteiger partial charge in [0.25, 0.3) is 5.91 Å². The number of nitrogens with two attached hydrogens (primary N) is 1. The molecule has 0 aromatic heterocycles. The van der Waals surface area contributed by atoms with Crippen LogP contribution in [-0.2, 0) is 4.79 Å². The Balaban J connectivity index is 2.33. The number of hydrogen-bond acceptors (Lipinski definition) is 3. The third-order valence-corrected chi connectivity index (χ3v) is 3.18. The van der Waals surface area contributed by atoms with Gasteiger partial charge in [0.15, 0.2) is 0 Å². The highest BCUT2D eigenvalue weighted by Crippen LogP contribution is 2.08. The molecule has 1 rings (SSSR count). The van der Waals surface area contributed by atoms with Crippen molar-refractivity contribution in [2.24, 2.45) is 11.7 Å². The minimum Gasteiger partial charge on any atom is -0.320 e. The maximum absolute atomic E-state index is 11.7. The van der Waals surface area contributed by atoms with E-state index >= 15 is 0 Å². The van der Waals surface area contributed by atoms with Crippen LogP contribution in [0, 0.1) is 5.92 Å². The lowest BCUT2D eigenvalue weighted by Gasteiger charge is -2.29. The lowest BCUT2D eigenvalue weighted by atomic mass is 10.00. The van der Waals surface area contributed by atoms with Crippen LogP contribution in [0.5, 0.6) is 0 Å². The summed E-state index contributed by atoms with van der Waals surface area (Å²) < 4.78 is 0. The summed E-state index contributed by atoms with van der Waals surface area (Å²) in [4.78, 5) is 11.7. The van der Waals surface area contributed by atoms with Gasteiger partial charge in [-0.05, 0) is 18.8 Å². The molecule has 1 aliphatic rings. The van der Waals surface area contributed by atoms with Gasteiger partial charge in [0.05, 0.1) is 6.04 Å². The monoisotopic (exact) mass is 213 g/mol. The van der Waals surface area contributed by atoms with E-state index < -0.39 is 0 Å². The average Bonchev–Trinajstić information content (AvgIpc) is 2.28. The van der Waals surface area contributed by atoms with Gasteiger partial charge in [-0.3, -0.25) is 10.2 Å². The van der Waals surface area contributed by atoms with Crippen LogP contribution in [0.1, 0.15) is 39.5 Å². The van der Waals surface area contributed by atoms with E-state index in [0.29, 0.717) is 0 Å². The first-order valence-corrected chi connectivity index (χ1v) is 5.96. The molecular weight excluding hydrogens is 190 g/mol. The summed E-state index contributed by atoms with van der Waals surface area (Å²) in [6.45, 7) is 5.98. The van der Waals surface area contributed by atoms with Gasteiger partial charge in [0, 0.05) is 13.1 Å². The molecule has 15 heavy (non-hydrogen) atoms. The van der Waals surface area contributed by atoms with Crippen LogP contribution >= 0.6 is 0 Å². The van der Waals surface area contributed by atoms with Crippen LogP contribution in [0.4, 0.5) is 0 Å². The third kappa shape index (κ3) is 3.80. The number of nitrogens with zero attached hydrogens (tertiary/aromatic N) is 1. The maximum atomic E-state index is 11.7. The molecule has 0 radical (unpaired) electrons. The second-order valence-electron chi connectivity index (χ2n) is 4.44. The molecule has 0 saturated carbocycles. The fourth-order valence-corrected chi connectivity index (χ4v) is 1.75. The van der Waals surface area contributed by atoms with Gasteiger partial charge in [-0.2, -0.15) is 0 Å². The van der Waals surface area contributed by atoms with Crippen molar-refractivity contribution < 1.29 is 4.79 Å². The fraction of sp³-hybridized carbons (Fsp3) is 0.909. The molecule has 1 aliphatic heterocycles. The van der Waals surface area contributed by atoms with Gasteiger partial charge in [-0.1, -0.05) is 26.7 Å². The molecule has 2 unspecified atom stereocenters. The number of piperidine rings is 1. The van der Waals surface area contributed by atoms with Gasteiger partial charge < -0.3 is 5.73 Å². The van der Waals surface area contributed by atoms with E-state index in [4.69, 9.17) is 5.73 Å². The number of hydrogen-bond donors (Lipinski definition) is 2. The van der Waals surface area contributed by atoms with E-state index in [9.17, 15) is 4.79 Å². The first-order valence-electron chi connectivity index (χ1n) is 5.96. The molecule has 0 bridgehead atoms. The van der Waals surface area contributed by atoms with Crippen molar-refractivity contribution in [2.45, 2.75) is 45.6 Å². The zero-order chi connectivity index (χ0) is 11.3. The van der Waals surface area contributed by atoms with E-state index in [0.717, 1.165) is 19.5 Å². The Morgan fingerprint density at radius 1 is 1.40 bits per heavy atom. The molecular formula is C11H23N3O. The van der Waals surface area contributed by atoms with E-state index in [1.165, 1.54) is 19.3 Å². The molecule has 1 amide bonds. The number of carbonyl (C=O) groups excluding carboxylic acids is 1. The zero-order valence-corrected chi connectivity index (χ0v) is 9.83. The zero-order valence-electron chi connectivity index (χ0n) is 9.83. The van der Waals surface area contributed by atoms with Crippen LogP contribution in [0.15, 0.2) is 0 Å². The van der Waals surface area contributed by atoms with Crippen LogP contribution in [-0.4, -0.2) is 30.0 Å². The molecule has 0 aliphatic carbocycles. The Morgan fingerprint density at radius 3 is 2.53 bits per heavy atom. The molecule has 1 saturated heterocycles. The Bertz CT molecular complexity index is 202. The number of nitrogens with one attached hydrogen (secondary N) is 1. The highest BCUT2D eigenvalue weighted by molar-refractivity contribution is 5.81. The summed E-state index contributed by atoms with van der Waals surface area (Å²) in [5.41, 5.74) is 8.75.